The summed E-state index contributed by atoms with van der Waals surface area (Å²) in [6.45, 7) is 2.93. The van der Waals surface area contributed by atoms with Gasteiger partial charge < -0.3 is 40.1 Å². The number of thiophene rings is 1. The molecule has 2 rings (SSSR count). The predicted molar refractivity (Wildman–Crippen MR) is 101 cm³/mol. The highest BCUT2D eigenvalue weighted by atomic mass is 32.1. The largest absolute Gasteiger partial charge is 0.394 e. The Labute approximate surface area is 166 Å². The predicted octanol–water partition coefficient (Wildman–Crippen LogP) is -0.947. The van der Waals surface area contributed by atoms with Gasteiger partial charge in [0, 0.05) is 4.88 Å². The van der Waals surface area contributed by atoms with Crippen LogP contribution in [0.4, 0.5) is 0 Å². The molecule has 0 spiro atoms. The lowest BCUT2D eigenvalue weighted by molar-refractivity contribution is -0.312. The Morgan fingerprint density at radius 1 is 1.21 bits per heavy atom. The van der Waals surface area contributed by atoms with Gasteiger partial charge in [0.25, 0.3) is 0 Å². The van der Waals surface area contributed by atoms with Crippen LogP contribution in [-0.4, -0.2) is 80.7 Å². The molecule has 0 aromatic carbocycles. The Balaban J connectivity index is 2.08. The van der Waals surface area contributed by atoms with E-state index in [1.165, 1.54) is 29.6 Å². The molecular formula is C19H24O8S. The molecule has 0 unspecified atom stereocenters. The van der Waals surface area contributed by atoms with Crippen molar-refractivity contribution in [3.8, 4) is 11.8 Å². The van der Waals surface area contributed by atoms with Gasteiger partial charge in [0.05, 0.1) is 18.1 Å². The summed E-state index contributed by atoms with van der Waals surface area (Å²) in [5.74, 6) is 5.61. The second kappa shape index (κ2) is 10.8. The van der Waals surface area contributed by atoms with Gasteiger partial charge in [-0.1, -0.05) is 24.0 Å². The number of hydrogen-bond acceptors (Lipinski definition) is 9. The minimum Gasteiger partial charge on any atom is -0.394 e. The third-order valence-corrected chi connectivity index (χ3v) is 5.17. The van der Waals surface area contributed by atoms with Crippen LogP contribution in [0.25, 0.3) is 0 Å². The molecule has 28 heavy (non-hydrogen) atoms. The number of ether oxygens (including phenoxy) is 2. The van der Waals surface area contributed by atoms with E-state index in [2.05, 4.69) is 18.4 Å². The normalized spacial score (nSPS) is 29.9. The molecule has 6 N–H and O–H groups in total. The Morgan fingerprint density at radius 3 is 2.61 bits per heavy atom. The van der Waals surface area contributed by atoms with Crippen molar-refractivity contribution in [3.05, 3.63) is 46.7 Å². The lowest BCUT2D eigenvalue weighted by Gasteiger charge is -2.40. The van der Waals surface area contributed by atoms with Gasteiger partial charge in [-0.25, -0.2) is 0 Å². The standard InChI is InChI=1S/C19H24O8S/c1-2-12(26-19-18(25)17(24)16(23)13(10-21)27-19)15(22)14-8-7-11(28-14)6-4-3-5-9-20/h2-3,5,7-8,12-13,15-25H,1,9-10H2/b5-3+/t12-,13-,15+,16-,17+,18-,19-/m1/s1. The van der Waals surface area contributed by atoms with Crippen LogP contribution in [0.3, 0.4) is 0 Å². The number of hydrogen-bond donors (Lipinski definition) is 6. The molecular weight excluding hydrogens is 388 g/mol. The number of rotatable bonds is 7. The minimum absolute atomic E-state index is 0.0978. The van der Waals surface area contributed by atoms with Crippen molar-refractivity contribution in [2.24, 2.45) is 0 Å². The molecule has 0 radical (unpaired) electrons. The SMILES string of the molecule is C=C[C@@H](O[C@@H]1O[C@H](CO)[C@@H](O)[C@H](O)[C@H]1O)[C@H](O)c1ccc(C#C/C=C/CO)s1. The molecule has 0 saturated carbocycles. The van der Waals surface area contributed by atoms with Gasteiger partial charge in [0.15, 0.2) is 6.29 Å². The van der Waals surface area contributed by atoms with Gasteiger partial charge in [-0.15, -0.1) is 17.9 Å². The molecule has 0 aliphatic carbocycles. The first-order chi connectivity index (χ1) is 13.4. The Kier molecular flexibility index (Phi) is 8.78. The number of aliphatic hydroxyl groups excluding tert-OH is 6. The fraction of sp³-hybridized carbons (Fsp3) is 0.474. The number of aliphatic hydroxyl groups is 6. The summed E-state index contributed by atoms with van der Waals surface area (Å²) >= 11 is 1.23. The molecule has 1 aliphatic heterocycles. The van der Waals surface area contributed by atoms with E-state index in [0.29, 0.717) is 9.75 Å². The molecule has 0 bridgehead atoms. The van der Waals surface area contributed by atoms with Crippen molar-refractivity contribution in [3.63, 3.8) is 0 Å². The fourth-order valence-electron chi connectivity index (χ4n) is 2.56. The molecule has 1 saturated heterocycles. The Hall–Kier alpha value is -1.58. The van der Waals surface area contributed by atoms with Crippen LogP contribution >= 0.6 is 11.3 Å². The molecule has 1 aromatic rings. The van der Waals surface area contributed by atoms with Crippen LogP contribution in [0.1, 0.15) is 15.9 Å². The van der Waals surface area contributed by atoms with Crippen LogP contribution in [0.15, 0.2) is 36.9 Å². The highest BCUT2D eigenvalue weighted by Crippen LogP contribution is 2.30. The summed E-state index contributed by atoms with van der Waals surface area (Å²) in [7, 11) is 0. The summed E-state index contributed by atoms with van der Waals surface area (Å²) in [5.41, 5.74) is 0. The van der Waals surface area contributed by atoms with E-state index >= 15 is 0 Å². The highest BCUT2D eigenvalue weighted by Gasteiger charge is 2.45. The second-order valence-electron chi connectivity index (χ2n) is 6.03. The van der Waals surface area contributed by atoms with Crippen molar-refractivity contribution < 1.29 is 40.1 Å². The second-order valence-corrected chi connectivity index (χ2v) is 7.15. The first-order valence-corrected chi connectivity index (χ1v) is 9.38. The average molecular weight is 412 g/mol. The third-order valence-electron chi connectivity index (χ3n) is 4.10. The average Bonchev–Trinajstić information content (AvgIpc) is 3.17. The molecule has 154 valence electrons. The lowest BCUT2D eigenvalue weighted by atomic mass is 9.99. The van der Waals surface area contributed by atoms with E-state index in [1.807, 2.05) is 0 Å². The maximum absolute atomic E-state index is 10.6. The van der Waals surface area contributed by atoms with Gasteiger partial charge in [-0.2, -0.15) is 0 Å². The van der Waals surface area contributed by atoms with Crippen LogP contribution in [0, 0.1) is 11.8 Å². The summed E-state index contributed by atoms with van der Waals surface area (Å²) in [4.78, 5) is 1.22. The first kappa shape index (κ1) is 22.7. The van der Waals surface area contributed by atoms with Gasteiger partial charge in [0.1, 0.15) is 36.6 Å². The van der Waals surface area contributed by atoms with E-state index in [1.54, 1.807) is 12.1 Å². The van der Waals surface area contributed by atoms with Crippen LogP contribution < -0.4 is 0 Å². The molecule has 0 amide bonds. The van der Waals surface area contributed by atoms with Gasteiger partial charge >= 0.3 is 0 Å². The molecule has 1 fully saturated rings. The summed E-state index contributed by atoms with van der Waals surface area (Å²) < 4.78 is 10.8. The zero-order valence-corrected chi connectivity index (χ0v) is 15.8. The highest BCUT2D eigenvalue weighted by molar-refractivity contribution is 7.12. The van der Waals surface area contributed by atoms with Crippen molar-refractivity contribution in [2.45, 2.75) is 42.9 Å². The van der Waals surface area contributed by atoms with Crippen molar-refractivity contribution in [2.75, 3.05) is 13.2 Å². The lowest BCUT2D eigenvalue weighted by Crippen LogP contribution is -2.59. The van der Waals surface area contributed by atoms with E-state index in [-0.39, 0.29) is 6.61 Å². The molecule has 1 aliphatic rings. The minimum atomic E-state index is -1.57. The van der Waals surface area contributed by atoms with E-state index in [9.17, 15) is 25.5 Å². The van der Waals surface area contributed by atoms with Crippen molar-refractivity contribution >= 4 is 11.3 Å². The summed E-state index contributed by atoms with van der Waals surface area (Å²) in [6.07, 6.45) is -4.93. The van der Waals surface area contributed by atoms with E-state index in [0.717, 1.165) is 0 Å². The smallest absolute Gasteiger partial charge is 0.187 e. The van der Waals surface area contributed by atoms with Gasteiger partial charge in [-0.3, -0.25) is 0 Å². The molecule has 7 atom stereocenters. The molecule has 8 nitrogen and oxygen atoms in total. The fourth-order valence-corrected chi connectivity index (χ4v) is 3.45. The van der Waals surface area contributed by atoms with Gasteiger partial charge in [0.2, 0.25) is 0 Å². The zero-order valence-electron chi connectivity index (χ0n) is 15.0. The van der Waals surface area contributed by atoms with E-state index in [4.69, 9.17) is 14.6 Å². The van der Waals surface area contributed by atoms with Crippen LogP contribution in [0.5, 0.6) is 0 Å². The maximum atomic E-state index is 10.6. The van der Waals surface area contributed by atoms with E-state index < -0.39 is 49.5 Å². The molecule has 1 aromatic heterocycles. The summed E-state index contributed by atoms with van der Waals surface area (Å²) in [6, 6.07) is 3.39. The summed E-state index contributed by atoms with van der Waals surface area (Å²) in [5, 5.41) is 58.2. The monoisotopic (exact) mass is 412 g/mol. The van der Waals surface area contributed by atoms with Crippen LogP contribution in [-0.2, 0) is 9.47 Å². The molecule has 2 heterocycles. The maximum Gasteiger partial charge on any atom is 0.187 e. The quantitative estimate of drug-likeness (QED) is 0.249. The first-order valence-electron chi connectivity index (χ1n) is 8.56. The number of allylic oxidation sites excluding steroid dienone is 1. The molecule has 9 heteroatoms. The zero-order chi connectivity index (χ0) is 20.7. The van der Waals surface area contributed by atoms with Crippen molar-refractivity contribution in [1.29, 1.82) is 0 Å². The third kappa shape index (κ3) is 5.48. The van der Waals surface area contributed by atoms with Crippen molar-refractivity contribution in [1.82, 2.24) is 0 Å². The Bertz CT molecular complexity index is 719. The topological polar surface area (TPSA) is 140 Å². The Morgan fingerprint density at radius 2 is 1.96 bits per heavy atom. The van der Waals surface area contributed by atoms with Gasteiger partial charge in [-0.05, 0) is 18.2 Å². The van der Waals surface area contributed by atoms with Crippen LogP contribution in [0.2, 0.25) is 0 Å².